The highest BCUT2D eigenvalue weighted by Crippen LogP contribution is 2.02. The number of carbonyl (C=O) groups excluding carboxylic acids is 1. The summed E-state index contributed by atoms with van der Waals surface area (Å²) in [6, 6.07) is 0. The number of nitrogens with zero attached hydrogens (tertiary/aromatic N) is 1. The van der Waals surface area contributed by atoms with Crippen molar-refractivity contribution in [3.8, 4) is 0 Å². The molecule has 72 valence electrons. The Bertz CT molecular complexity index is 421. The molecule has 13 heavy (non-hydrogen) atoms. The van der Waals surface area contributed by atoms with Crippen LogP contribution >= 0.6 is 0 Å². The van der Waals surface area contributed by atoms with Crippen molar-refractivity contribution in [2.24, 2.45) is 5.73 Å². The first-order valence-corrected chi connectivity index (χ1v) is 5.10. The van der Waals surface area contributed by atoms with Gasteiger partial charge < -0.3 is 10.7 Å². The van der Waals surface area contributed by atoms with Crippen LogP contribution in [0.2, 0.25) is 0 Å². The number of sulfonamides is 1. The number of aromatic amines is 1. The molecule has 0 fully saturated rings. The van der Waals surface area contributed by atoms with Crippen molar-refractivity contribution in [2.45, 2.75) is 0 Å². The quantitative estimate of drug-likeness (QED) is 0.577. The zero-order valence-corrected chi connectivity index (χ0v) is 7.55. The van der Waals surface area contributed by atoms with E-state index >= 15 is 0 Å². The molecule has 1 amide bonds. The minimum absolute atomic E-state index is 0.0312. The van der Waals surface area contributed by atoms with E-state index in [1.807, 2.05) is 0 Å². The molecular formula is C5H8N4O3S. The third-order valence-electron chi connectivity index (χ3n) is 1.12. The average molecular weight is 204 g/mol. The molecule has 0 bridgehead atoms. The standard InChI is InChI=1S/C5H8N4O3S/c1-13(11,12)9-5-7-2-3(8-5)4(6)10/h2H,1H3,(H2,6,10)(H2,7,8,9). The Hall–Kier alpha value is -1.57. The maximum Gasteiger partial charge on any atom is 0.266 e. The van der Waals surface area contributed by atoms with Gasteiger partial charge >= 0.3 is 0 Å². The van der Waals surface area contributed by atoms with E-state index in [2.05, 4.69) is 14.7 Å². The first kappa shape index (κ1) is 9.52. The maximum atomic E-state index is 10.7. The van der Waals surface area contributed by atoms with Crippen molar-refractivity contribution in [1.29, 1.82) is 0 Å². The summed E-state index contributed by atoms with van der Waals surface area (Å²) in [6.07, 6.45) is 2.12. The molecule has 0 radical (unpaired) electrons. The molecule has 0 aliphatic rings. The van der Waals surface area contributed by atoms with Gasteiger partial charge in [0.25, 0.3) is 5.91 Å². The lowest BCUT2D eigenvalue weighted by Gasteiger charge is -1.96. The fourth-order valence-electron chi connectivity index (χ4n) is 0.674. The Balaban J connectivity index is 2.87. The van der Waals surface area contributed by atoms with Crippen molar-refractivity contribution >= 4 is 21.9 Å². The summed E-state index contributed by atoms with van der Waals surface area (Å²) in [5, 5.41) is 0. The van der Waals surface area contributed by atoms with Gasteiger partial charge in [0.15, 0.2) is 0 Å². The molecule has 0 saturated heterocycles. The second kappa shape index (κ2) is 3.05. The zero-order chi connectivity index (χ0) is 10.1. The van der Waals surface area contributed by atoms with Gasteiger partial charge in [0.05, 0.1) is 12.5 Å². The normalized spacial score (nSPS) is 11.2. The van der Waals surface area contributed by atoms with Crippen LogP contribution in [-0.4, -0.2) is 30.5 Å². The number of anilines is 1. The topological polar surface area (TPSA) is 118 Å². The molecule has 1 aromatic rings. The molecule has 0 atom stereocenters. The number of hydrogen-bond acceptors (Lipinski definition) is 4. The SMILES string of the molecule is CS(=O)(=O)Nc1ncc(C(N)=O)[nH]1. The molecule has 7 nitrogen and oxygen atoms in total. The van der Waals surface area contributed by atoms with Crippen molar-refractivity contribution in [2.75, 3.05) is 11.0 Å². The predicted octanol–water partition coefficient (Wildman–Crippen LogP) is -1.12. The van der Waals surface area contributed by atoms with Gasteiger partial charge in [0, 0.05) is 0 Å². The van der Waals surface area contributed by atoms with Crippen LogP contribution in [-0.2, 0) is 10.0 Å². The molecule has 1 aromatic heterocycles. The summed E-state index contributed by atoms with van der Waals surface area (Å²) in [4.78, 5) is 16.5. The van der Waals surface area contributed by atoms with E-state index < -0.39 is 15.9 Å². The number of primary amides is 1. The van der Waals surface area contributed by atoms with E-state index in [1.54, 1.807) is 0 Å². The second-order valence-electron chi connectivity index (χ2n) is 2.38. The summed E-state index contributed by atoms with van der Waals surface area (Å²) < 4.78 is 23.4. The minimum atomic E-state index is -3.39. The van der Waals surface area contributed by atoms with Gasteiger partial charge in [-0.2, -0.15) is 0 Å². The summed E-state index contributed by atoms with van der Waals surface area (Å²) >= 11 is 0. The lowest BCUT2D eigenvalue weighted by atomic mass is 10.5. The lowest BCUT2D eigenvalue weighted by molar-refractivity contribution is 0.0996. The molecule has 1 heterocycles. The van der Waals surface area contributed by atoms with Crippen LogP contribution in [0.25, 0.3) is 0 Å². The fourth-order valence-corrected chi connectivity index (χ4v) is 1.13. The first-order chi connectivity index (χ1) is 5.88. The number of rotatable bonds is 3. The molecule has 0 spiro atoms. The van der Waals surface area contributed by atoms with Crippen molar-refractivity contribution in [1.82, 2.24) is 9.97 Å². The minimum Gasteiger partial charge on any atom is -0.364 e. The van der Waals surface area contributed by atoms with E-state index in [-0.39, 0.29) is 11.6 Å². The molecule has 0 aromatic carbocycles. The van der Waals surface area contributed by atoms with Crippen LogP contribution in [0.4, 0.5) is 5.95 Å². The van der Waals surface area contributed by atoms with Gasteiger partial charge in [-0.05, 0) is 0 Å². The molecule has 8 heteroatoms. The number of nitrogens with two attached hydrogens (primary N) is 1. The molecule has 1 rings (SSSR count). The molecule has 0 saturated carbocycles. The van der Waals surface area contributed by atoms with Crippen LogP contribution in [0.5, 0.6) is 0 Å². The number of aromatic nitrogens is 2. The Labute approximate surface area is 74.4 Å². The fraction of sp³-hybridized carbons (Fsp3) is 0.200. The van der Waals surface area contributed by atoms with Crippen molar-refractivity contribution < 1.29 is 13.2 Å². The summed E-state index contributed by atoms with van der Waals surface area (Å²) in [5.74, 6) is -0.731. The van der Waals surface area contributed by atoms with Gasteiger partial charge in [-0.3, -0.25) is 9.52 Å². The van der Waals surface area contributed by atoms with Gasteiger partial charge in [0.2, 0.25) is 16.0 Å². The third-order valence-corrected chi connectivity index (χ3v) is 1.69. The molecule has 0 aliphatic carbocycles. The number of carbonyl (C=O) groups is 1. The average Bonchev–Trinajstić information content (AvgIpc) is 2.31. The zero-order valence-electron chi connectivity index (χ0n) is 6.73. The molecular weight excluding hydrogens is 196 g/mol. The first-order valence-electron chi connectivity index (χ1n) is 3.21. The van der Waals surface area contributed by atoms with Crippen LogP contribution in [0.1, 0.15) is 10.5 Å². The highest BCUT2D eigenvalue weighted by molar-refractivity contribution is 7.91. The predicted molar refractivity (Wildman–Crippen MR) is 45.6 cm³/mol. The van der Waals surface area contributed by atoms with Crippen LogP contribution in [0, 0.1) is 0 Å². The molecule has 0 aliphatic heterocycles. The number of hydrogen-bond donors (Lipinski definition) is 3. The summed E-state index contributed by atoms with van der Waals surface area (Å²) in [7, 11) is -3.39. The highest BCUT2D eigenvalue weighted by Gasteiger charge is 2.08. The number of imidazole rings is 1. The smallest absolute Gasteiger partial charge is 0.266 e. The van der Waals surface area contributed by atoms with E-state index in [0.717, 1.165) is 12.5 Å². The van der Waals surface area contributed by atoms with E-state index in [1.165, 1.54) is 0 Å². The largest absolute Gasteiger partial charge is 0.364 e. The summed E-state index contributed by atoms with van der Waals surface area (Å²) in [6.45, 7) is 0. The van der Waals surface area contributed by atoms with E-state index in [0.29, 0.717) is 0 Å². The summed E-state index contributed by atoms with van der Waals surface area (Å²) in [5.41, 5.74) is 4.95. The van der Waals surface area contributed by atoms with Gasteiger partial charge in [-0.25, -0.2) is 13.4 Å². The van der Waals surface area contributed by atoms with Gasteiger partial charge in [-0.15, -0.1) is 0 Å². The third kappa shape index (κ3) is 2.75. The maximum absolute atomic E-state index is 10.7. The van der Waals surface area contributed by atoms with Crippen LogP contribution < -0.4 is 10.5 Å². The van der Waals surface area contributed by atoms with Gasteiger partial charge in [-0.1, -0.05) is 0 Å². The van der Waals surface area contributed by atoms with E-state index in [9.17, 15) is 13.2 Å². The Morgan fingerprint density at radius 2 is 2.31 bits per heavy atom. The number of H-pyrrole nitrogens is 1. The van der Waals surface area contributed by atoms with Gasteiger partial charge in [0.1, 0.15) is 5.69 Å². The monoisotopic (exact) mass is 204 g/mol. The number of nitrogens with one attached hydrogen (secondary N) is 2. The Kier molecular flexibility index (Phi) is 2.24. The molecule has 4 N–H and O–H groups in total. The van der Waals surface area contributed by atoms with Crippen LogP contribution in [0.3, 0.4) is 0 Å². The lowest BCUT2D eigenvalue weighted by Crippen LogP contribution is -2.13. The van der Waals surface area contributed by atoms with Crippen molar-refractivity contribution in [3.05, 3.63) is 11.9 Å². The number of amides is 1. The van der Waals surface area contributed by atoms with Crippen molar-refractivity contribution in [3.63, 3.8) is 0 Å². The Morgan fingerprint density at radius 1 is 1.69 bits per heavy atom. The Morgan fingerprint density at radius 3 is 2.69 bits per heavy atom. The van der Waals surface area contributed by atoms with E-state index in [4.69, 9.17) is 5.73 Å². The van der Waals surface area contributed by atoms with Crippen LogP contribution in [0.15, 0.2) is 6.20 Å². The second-order valence-corrected chi connectivity index (χ2v) is 4.13. The molecule has 0 unspecified atom stereocenters. The highest BCUT2D eigenvalue weighted by atomic mass is 32.2.